The first kappa shape index (κ1) is 29.8. The molecule has 10 aromatic rings. The Labute approximate surface area is 307 Å². The number of fused-ring (bicyclic) bond motifs is 9. The molecule has 0 unspecified atom stereocenters. The lowest BCUT2D eigenvalue weighted by atomic mass is 9.74. The van der Waals surface area contributed by atoms with Crippen molar-refractivity contribution in [2.24, 2.45) is 0 Å². The van der Waals surface area contributed by atoms with Crippen LogP contribution in [0.25, 0.3) is 66.1 Å². The van der Waals surface area contributed by atoms with Crippen molar-refractivity contribution in [3.05, 3.63) is 199 Å². The zero-order valence-corrected chi connectivity index (χ0v) is 29.1. The summed E-state index contributed by atoms with van der Waals surface area (Å²) in [5, 5.41) is 4.40. The molecule has 0 spiro atoms. The molecule has 0 bridgehead atoms. The Morgan fingerprint density at radius 1 is 0.396 bits per heavy atom. The highest BCUT2D eigenvalue weighted by Crippen LogP contribution is 2.54. The summed E-state index contributed by atoms with van der Waals surface area (Å²) in [6.07, 6.45) is 0. The van der Waals surface area contributed by atoms with Gasteiger partial charge in [0.1, 0.15) is 16.7 Å². The molecule has 0 amide bonds. The number of furan rings is 2. The SMILES string of the molecule is CC1(c2cccc3c2oc2cc(N(c4ccc(-c5ccccc5)cc4)c4cccc5c4oc4ccccc45)ccc23)c2ccccc2-c2ccccc21. The predicted octanol–water partition coefficient (Wildman–Crippen LogP) is 14.0. The third-order valence-electron chi connectivity index (χ3n) is 11.4. The van der Waals surface area contributed by atoms with Crippen LogP contribution in [0.4, 0.5) is 17.1 Å². The van der Waals surface area contributed by atoms with Crippen LogP contribution >= 0.6 is 0 Å². The largest absolute Gasteiger partial charge is 0.456 e. The summed E-state index contributed by atoms with van der Waals surface area (Å²) in [5.41, 5.74) is 14.8. The Balaban J connectivity index is 1.12. The van der Waals surface area contributed by atoms with Crippen LogP contribution < -0.4 is 4.90 Å². The van der Waals surface area contributed by atoms with Crippen LogP contribution in [0, 0.1) is 0 Å². The van der Waals surface area contributed by atoms with E-state index in [1.807, 2.05) is 12.1 Å². The van der Waals surface area contributed by atoms with Crippen molar-refractivity contribution in [3.63, 3.8) is 0 Å². The summed E-state index contributed by atoms with van der Waals surface area (Å²) < 4.78 is 13.6. The van der Waals surface area contributed by atoms with Crippen LogP contribution in [-0.2, 0) is 5.41 Å². The summed E-state index contributed by atoms with van der Waals surface area (Å²) in [4.78, 5) is 2.29. The van der Waals surface area contributed by atoms with Gasteiger partial charge in [0.25, 0.3) is 0 Å². The van der Waals surface area contributed by atoms with Crippen LogP contribution in [0.15, 0.2) is 191 Å². The lowest BCUT2D eigenvalue weighted by Crippen LogP contribution is -2.22. The van der Waals surface area contributed by atoms with E-state index in [1.54, 1.807) is 0 Å². The molecule has 0 aliphatic heterocycles. The molecule has 0 radical (unpaired) electrons. The minimum Gasteiger partial charge on any atom is -0.456 e. The van der Waals surface area contributed by atoms with Gasteiger partial charge in [0.05, 0.1) is 11.4 Å². The van der Waals surface area contributed by atoms with Crippen LogP contribution in [0.5, 0.6) is 0 Å². The van der Waals surface area contributed by atoms with Gasteiger partial charge in [-0.25, -0.2) is 0 Å². The predicted molar refractivity (Wildman–Crippen MR) is 219 cm³/mol. The third kappa shape index (κ3) is 4.34. The molecule has 250 valence electrons. The highest BCUT2D eigenvalue weighted by molar-refractivity contribution is 6.11. The fraction of sp³-hybridized carbons (Fsp3) is 0.0400. The maximum absolute atomic E-state index is 7.02. The molecule has 0 fully saturated rings. The fourth-order valence-corrected chi connectivity index (χ4v) is 8.83. The van der Waals surface area contributed by atoms with Crippen LogP contribution in [0.1, 0.15) is 23.6 Å². The smallest absolute Gasteiger partial charge is 0.159 e. The summed E-state index contributed by atoms with van der Waals surface area (Å²) in [6.45, 7) is 2.35. The van der Waals surface area contributed by atoms with E-state index in [2.05, 4.69) is 182 Å². The molecule has 3 nitrogen and oxygen atoms in total. The molecule has 0 atom stereocenters. The van der Waals surface area contributed by atoms with Gasteiger partial charge in [0.2, 0.25) is 0 Å². The van der Waals surface area contributed by atoms with Crippen molar-refractivity contribution in [1.82, 2.24) is 0 Å². The van der Waals surface area contributed by atoms with E-state index in [9.17, 15) is 0 Å². The van der Waals surface area contributed by atoms with E-state index >= 15 is 0 Å². The average molecular weight is 680 g/mol. The monoisotopic (exact) mass is 679 g/mol. The zero-order valence-electron chi connectivity index (χ0n) is 29.1. The van der Waals surface area contributed by atoms with Gasteiger partial charge in [-0.1, -0.05) is 140 Å². The topological polar surface area (TPSA) is 29.5 Å². The van der Waals surface area contributed by atoms with Crippen molar-refractivity contribution in [3.8, 4) is 22.3 Å². The van der Waals surface area contributed by atoms with Gasteiger partial charge < -0.3 is 13.7 Å². The number of rotatable bonds is 5. The molecule has 3 heteroatoms. The van der Waals surface area contributed by atoms with Crippen LogP contribution in [0.3, 0.4) is 0 Å². The Morgan fingerprint density at radius 2 is 0.943 bits per heavy atom. The molecule has 2 aromatic heterocycles. The zero-order chi connectivity index (χ0) is 35.1. The second-order valence-corrected chi connectivity index (χ2v) is 14.2. The Bertz CT molecular complexity index is 2980. The fourth-order valence-electron chi connectivity index (χ4n) is 8.83. The van der Waals surface area contributed by atoms with Gasteiger partial charge in [-0.2, -0.15) is 0 Å². The quantitative estimate of drug-likeness (QED) is 0.181. The van der Waals surface area contributed by atoms with Gasteiger partial charge >= 0.3 is 0 Å². The van der Waals surface area contributed by atoms with E-state index in [1.165, 1.54) is 38.9 Å². The van der Waals surface area contributed by atoms with Crippen molar-refractivity contribution in [1.29, 1.82) is 0 Å². The number of benzene rings is 8. The molecule has 8 aromatic carbocycles. The molecule has 1 aliphatic rings. The minimum absolute atomic E-state index is 0.368. The first-order valence-corrected chi connectivity index (χ1v) is 18.2. The van der Waals surface area contributed by atoms with Crippen molar-refractivity contribution in [2.45, 2.75) is 12.3 Å². The highest BCUT2D eigenvalue weighted by Gasteiger charge is 2.42. The number of nitrogens with zero attached hydrogens (tertiary/aromatic N) is 1. The normalized spacial score (nSPS) is 13.2. The Hall–Kier alpha value is -6.84. The second kappa shape index (κ2) is 11.3. The molecule has 1 aliphatic carbocycles. The van der Waals surface area contributed by atoms with Gasteiger partial charge in [0, 0.05) is 44.3 Å². The Kier molecular flexibility index (Phi) is 6.38. The van der Waals surface area contributed by atoms with E-state index in [0.717, 1.165) is 60.9 Å². The van der Waals surface area contributed by atoms with Crippen molar-refractivity contribution in [2.75, 3.05) is 4.90 Å². The van der Waals surface area contributed by atoms with Crippen LogP contribution in [-0.4, -0.2) is 0 Å². The van der Waals surface area contributed by atoms with Gasteiger partial charge in [-0.15, -0.1) is 0 Å². The van der Waals surface area contributed by atoms with Crippen LogP contribution in [0.2, 0.25) is 0 Å². The molecule has 0 saturated heterocycles. The lowest BCUT2D eigenvalue weighted by Gasteiger charge is -2.28. The van der Waals surface area contributed by atoms with E-state index in [0.29, 0.717) is 0 Å². The Morgan fingerprint density at radius 3 is 1.72 bits per heavy atom. The molecule has 0 saturated carbocycles. The average Bonchev–Trinajstić information content (AvgIpc) is 3.87. The summed E-state index contributed by atoms with van der Waals surface area (Å²) in [6, 6.07) is 64.8. The van der Waals surface area contributed by atoms with Gasteiger partial charge in [0.15, 0.2) is 5.58 Å². The summed E-state index contributed by atoms with van der Waals surface area (Å²) in [5.74, 6) is 0. The van der Waals surface area contributed by atoms with Gasteiger partial charge in [-0.3, -0.25) is 0 Å². The van der Waals surface area contributed by atoms with E-state index < -0.39 is 0 Å². The number of anilines is 3. The number of hydrogen-bond acceptors (Lipinski definition) is 3. The summed E-state index contributed by atoms with van der Waals surface area (Å²) in [7, 11) is 0. The van der Waals surface area contributed by atoms with Gasteiger partial charge in [-0.05, 0) is 76.7 Å². The third-order valence-corrected chi connectivity index (χ3v) is 11.4. The maximum Gasteiger partial charge on any atom is 0.159 e. The van der Waals surface area contributed by atoms with Crippen molar-refractivity contribution < 1.29 is 8.83 Å². The molecular weight excluding hydrogens is 647 g/mol. The second-order valence-electron chi connectivity index (χ2n) is 14.2. The standard InChI is InChI=1S/C50H33NO2/c1-50(42-20-8-5-15-36(42)37-16-6-9-21-43(37)50)44-22-11-18-40-39-30-29-35(31-47(39)53-48(40)44)51(34-27-25-33(26-28-34)32-13-3-2-4-14-32)45-23-12-19-41-38-17-7-10-24-46(38)52-49(41)45/h2-31H,1H3. The first-order chi connectivity index (χ1) is 26.2. The molecule has 2 heterocycles. The van der Waals surface area contributed by atoms with Crippen molar-refractivity contribution >= 4 is 60.9 Å². The molecule has 0 N–H and O–H groups in total. The molecular formula is C50H33NO2. The maximum atomic E-state index is 7.02. The first-order valence-electron chi connectivity index (χ1n) is 18.2. The molecule has 11 rings (SSSR count). The number of hydrogen-bond donors (Lipinski definition) is 0. The minimum atomic E-state index is -0.368. The van der Waals surface area contributed by atoms with E-state index in [-0.39, 0.29) is 5.41 Å². The highest BCUT2D eigenvalue weighted by atomic mass is 16.3. The lowest BCUT2D eigenvalue weighted by molar-refractivity contribution is 0.637. The van der Waals surface area contributed by atoms with E-state index in [4.69, 9.17) is 8.83 Å². The molecule has 53 heavy (non-hydrogen) atoms. The number of para-hydroxylation sites is 3. The summed E-state index contributed by atoms with van der Waals surface area (Å²) >= 11 is 0.